The Morgan fingerprint density at radius 2 is 1.84 bits per heavy atom. The third kappa shape index (κ3) is 2.98. The van der Waals surface area contributed by atoms with Gasteiger partial charge in [-0.2, -0.15) is 0 Å². The van der Waals surface area contributed by atoms with E-state index in [1.54, 1.807) is 0 Å². The van der Waals surface area contributed by atoms with Crippen molar-refractivity contribution in [3.8, 4) is 0 Å². The van der Waals surface area contributed by atoms with Crippen LogP contribution in [0.25, 0.3) is 0 Å². The van der Waals surface area contributed by atoms with Gasteiger partial charge in [0.15, 0.2) is 0 Å². The maximum atomic E-state index is 5.62. The Kier molecular flexibility index (Phi) is 4.25. The molecule has 0 saturated heterocycles. The Bertz CT molecular complexity index is 477. The minimum absolute atomic E-state index is 0.428. The van der Waals surface area contributed by atoms with Gasteiger partial charge >= 0.3 is 0 Å². The van der Waals surface area contributed by atoms with Gasteiger partial charge in [-0.15, -0.1) is 0 Å². The lowest BCUT2D eigenvalue weighted by Gasteiger charge is -2.41. The maximum Gasteiger partial charge on any atom is 0.108 e. The molecule has 0 aliphatic carbocycles. The van der Waals surface area contributed by atoms with Crippen molar-refractivity contribution in [2.45, 2.75) is 26.3 Å². The topological polar surface area (TPSA) is 6.48 Å². The van der Waals surface area contributed by atoms with Gasteiger partial charge < -0.3 is 9.80 Å². The second-order valence-corrected chi connectivity index (χ2v) is 6.01. The molecule has 0 saturated carbocycles. The first kappa shape index (κ1) is 14.1. The average Bonchev–Trinajstić information content (AvgIpc) is 2.38. The predicted molar refractivity (Wildman–Crippen MR) is 86.5 cm³/mol. The van der Waals surface area contributed by atoms with Gasteiger partial charge in [0, 0.05) is 37.9 Å². The zero-order valence-electron chi connectivity index (χ0n) is 12.1. The van der Waals surface area contributed by atoms with Gasteiger partial charge in [-0.05, 0) is 24.1 Å². The van der Waals surface area contributed by atoms with Crippen LogP contribution in [0.4, 0.5) is 5.69 Å². The molecule has 0 radical (unpaired) electrons. The largest absolute Gasteiger partial charge is 0.381 e. The molecule has 1 aliphatic rings. The standard InChI is InChI=1S/C16H22N2S/c1-12(2)15-10-14(17(3)4)11-16(19)18(15)13-8-6-5-7-9-13/h5-9,11-12,15H,10H2,1-4H3/t15-/m1/s1. The molecule has 19 heavy (non-hydrogen) atoms. The highest BCUT2D eigenvalue weighted by atomic mass is 32.1. The first-order chi connectivity index (χ1) is 9.00. The lowest BCUT2D eigenvalue weighted by molar-refractivity contribution is 0.412. The van der Waals surface area contributed by atoms with Crippen molar-refractivity contribution >= 4 is 22.9 Å². The molecule has 0 amide bonds. The highest BCUT2D eigenvalue weighted by molar-refractivity contribution is 7.81. The van der Waals surface area contributed by atoms with Crippen LogP contribution in [0.15, 0.2) is 42.1 Å². The summed E-state index contributed by atoms with van der Waals surface area (Å²) in [5.74, 6) is 0.557. The van der Waals surface area contributed by atoms with Crippen molar-refractivity contribution < 1.29 is 0 Å². The minimum Gasteiger partial charge on any atom is -0.381 e. The molecule has 1 atom stereocenters. The number of para-hydroxylation sites is 1. The second kappa shape index (κ2) is 5.74. The lowest BCUT2D eigenvalue weighted by atomic mass is 9.93. The van der Waals surface area contributed by atoms with E-state index in [-0.39, 0.29) is 0 Å². The average molecular weight is 274 g/mol. The summed E-state index contributed by atoms with van der Waals surface area (Å²) in [6.07, 6.45) is 3.17. The van der Waals surface area contributed by atoms with Gasteiger partial charge in [0.2, 0.25) is 0 Å². The predicted octanol–water partition coefficient (Wildman–Crippen LogP) is 3.69. The molecule has 2 nitrogen and oxygen atoms in total. The molecular formula is C16H22N2S. The van der Waals surface area contributed by atoms with E-state index in [0.29, 0.717) is 12.0 Å². The van der Waals surface area contributed by atoms with E-state index in [1.165, 1.54) is 11.4 Å². The fourth-order valence-electron chi connectivity index (χ4n) is 2.49. The highest BCUT2D eigenvalue weighted by Crippen LogP contribution is 2.30. The summed E-state index contributed by atoms with van der Waals surface area (Å²) in [4.78, 5) is 5.39. The molecule has 0 bridgehead atoms. The van der Waals surface area contributed by atoms with Crippen molar-refractivity contribution in [3.05, 3.63) is 42.1 Å². The molecule has 0 fully saturated rings. The SMILES string of the molecule is CC(C)[C@H]1CC(N(C)C)=CC(=S)N1c1ccccc1. The van der Waals surface area contributed by atoms with Crippen molar-refractivity contribution in [1.82, 2.24) is 4.90 Å². The monoisotopic (exact) mass is 274 g/mol. The van der Waals surface area contributed by atoms with Crippen molar-refractivity contribution in [1.29, 1.82) is 0 Å². The molecular weight excluding hydrogens is 252 g/mol. The van der Waals surface area contributed by atoms with Gasteiger partial charge in [0.05, 0.1) is 0 Å². The lowest BCUT2D eigenvalue weighted by Crippen LogP contribution is -2.46. The van der Waals surface area contributed by atoms with Crippen LogP contribution < -0.4 is 4.90 Å². The van der Waals surface area contributed by atoms with E-state index in [1.807, 2.05) is 6.07 Å². The first-order valence-electron chi connectivity index (χ1n) is 6.77. The summed E-state index contributed by atoms with van der Waals surface area (Å²) < 4.78 is 0. The third-order valence-electron chi connectivity index (χ3n) is 3.66. The van der Waals surface area contributed by atoms with Gasteiger partial charge in [-0.25, -0.2) is 0 Å². The Morgan fingerprint density at radius 3 is 2.37 bits per heavy atom. The summed E-state index contributed by atoms with van der Waals surface area (Å²) >= 11 is 5.62. The quantitative estimate of drug-likeness (QED) is 0.776. The number of hydrogen-bond acceptors (Lipinski definition) is 2. The fraction of sp³-hybridized carbons (Fsp3) is 0.438. The van der Waals surface area contributed by atoms with Crippen LogP contribution in [0.1, 0.15) is 20.3 Å². The number of nitrogens with zero attached hydrogens (tertiary/aromatic N) is 2. The molecule has 1 aromatic carbocycles. The summed E-state index contributed by atoms with van der Waals surface area (Å²) in [7, 11) is 4.17. The van der Waals surface area contributed by atoms with Gasteiger partial charge in [-0.1, -0.05) is 44.3 Å². The molecule has 1 aromatic rings. The van der Waals surface area contributed by atoms with Crippen molar-refractivity contribution in [2.75, 3.05) is 19.0 Å². The summed E-state index contributed by atoms with van der Waals surface area (Å²) in [5.41, 5.74) is 2.51. The number of hydrogen-bond donors (Lipinski definition) is 0. The Labute approximate surface area is 121 Å². The van der Waals surface area contributed by atoms with Gasteiger partial charge in [-0.3, -0.25) is 0 Å². The van der Waals surface area contributed by atoms with Gasteiger partial charge in [0.25, 0.3) is 0 Å². The number of anilines is 1. The number of rotatable bonds is 3. The summed E-state index contributed by atoms with van der Waals surface area (Å²) in [6, 6.07) is 10.9. The maximum absolute atomic E-state index is 5.62. The zero-order chi connectivity index (χ0) is 14.0. The summed E-state index contributed by atoms with van der Waals surface area (Å²) in [5, 5.41) is 0. The number of benzene rings is 1. The number of thiocarbonyl (C=S) groups is 1. The summed E-state index contributed by atoms with van der Waals surface area (Å²) in [6.45, 7) is 4.53. The van der Waals surface area contributed by atoms with Crippen molar-refractivity contribution in [3.63, 3.8) is 0 Å². The minimum atomic E-state index is 0.428. The van der Waals surface area contributed by atoms with E-state index in [4.69, 9.17) is 12.2 Å². The van der Waals surface area contributed by atoms with Gasteiger partial charge in [0.1, 0.15) is 4.99 Å². The van der Waals surface area contributed by atoms with E-state index in [2.05, 4.69) is 68.1 Å². The van der Waals surface area contributed by atoms with Crippen LogP contribution in [0.3, 0.4) is 0 Å². The van der Waals surface area contributed by atoms with E-state index in [9.17, 15) is 0 Å². The van der Waals surface area contributed by atoms with Crippen LogP contribution in [-0.4, -0.2) is 30.0 Å². The molecule has 0 N–H and O–H groups in total. The van der Waals surface area contributed by atoms with Crippen LogP contribution in [-0.2, 0) is 0 Å². The molecule has 1 aliphatic heterocycles. The second-order valence-electron chi connectivity index (χ2n) is 5.59. The molecule has 0 unspecified atom stereocenters. The molecule has 3 heteroatoms. The Morgan fingerprint density at radius 1 is 1.21 bits per heavy atom. The van der Waals surface area contributed by atoms with Crippen LogP contribution >= 0.6 is 12.2 Å². The Hall–Kier alpha value is -1.35. The van der Waals surface area contributed by atoms with Crippen LogP contribution in [0.2, 0.25) is 0 Å². The molecule has 0 spiro atoms. The smallest absolute Gasteiger partial charge is 0.108 e. The van der Waals surface area contributed by atoms with Crippen molar-refractivity contribution in [2.24, 2.45) is 5.92 Å². The van der Waals surface area contributed by atoms with E-state index < -0.39 is 0 Å². The normalized spacial score (nSPS) is 19.6. The highest BCUT2D eigenvalue weighted by Gasteiger charge is 2.30. The van der Waals surface area contributed by atoms with E-state index >= 15 is 0 Å². The van der Waals surface area contributed by atoms with Crippen LogP contribution in [0, 0.1) is 5.92 Å². The first-order valence-corrected chi connectivity index (χ1v) is 7.17. The van der Waals surface area contributed by atoms with Crippen LogP contribution in [0.5, 0.6) is 0 Å². The van der Waals surface area contributed by atoms with E-state index in [0.717, 1.165) is 11.4 Å². The third-order valence-corrected chi connectivity index (χ3v) is 3.97. The Balaban J connectivity index is 2.39. The molecule has 2 rings (SSSR count). The molecule has 1 heterocycles. The molecule has 102 valence electrons. The zero-order valence-corrected chi connectivity index (χ0v) is 12.9. The molecule has 0 aromatic heterocycles. The fourth-order valence-corrected chi connectivity index (χ4v) is 2.87.